The van der Waals surface area contributed by atoms with Gasteiger partial charge >= 0.3 is 35.0 Å². The summed E-state index contributed by atoms with van der Waals surface area (Å²) in [6.07, 6.45) is 7.66. The van der Waals surface area contributed by atoms with Crippen molar-refractivity contribution < 1.29 is 57.0 Å². The van der Waals surface area contributed by atoms with E-state index in [0.29, 0.717) is 50.3 Å². The third-order valence-electron chi connectivity index (χ3n) is 8.04. The number of nitrogens with zero attached hydrogens (tertiary/aromatic N) is 6. The first-order valence-electron chi connectivity index (χ1n) is 15.6. The average Bonchev–Trinajstić information content (AvgIpc) is 3.05. The minimum atomic E-state index is -1.15. The fourth-order valence-corrected chi connectivity index (χ4v) is 5.99. The molecule has 3 aromatic rings. The first-order valence-corrected chi connectivity index (χ1v) is 15.6. The van der Waals surface area contributed by atoms with Crippen LogP contribution in [0.1, 0.15) is 60.5 Å². The summed E-state index contributed by atoms with van der Waals surface area (Å²) in [7, 11) is 0. The molecule has 1 saturated carbocycles. The summed E-state index contributed by atoms with van der Waals surface area (Å²) in [4.78, 5) is 66.4. The molecule has 1 radical (unpaired) electrons. The summed E-state index contributed by atoms with van der Waals surface area (Å²) in [5.41, 5.74) is 2.70. The molecule has 0 saturated heterocycles. The SMILES string of the molecule is C.O=C(O)CN(CC(=O)O)C1CCCCC1N(CC(=O)O)Cc1ccc(C(=O)NCCN(Cc2ccccn2)Cc2ccccn2)cn1.[Mn+2].[OH3+]. The van der Waals surface area contributed by atoms with E-state index in [1.807, 2.05) is 36.4 Å². The number of carboxylic acids is 3. The van der Waals surface area contributed by atoms with Crippen LogP contribution in [-0.2, 0) is 56.6 Å². The van der Waals surface area contributed by atoms with Crippen LogP contribution in [0.3, 0.4) is 0 Å². The number of carboxylic acid groups (broad SMARTS) is 3. The number of pyridine rings is 3. The number of carbonyl (C=O) groups excluding carboxylic acids is 1. The van der Waals surface area contributed by atoms with E-state index in [2.05, 4.69) is 25.2 Å². The Hall–Kier alpha value is -4.31. The standard InChI is InChI=1S/C33H41N7O7.CH4.Mn.H2O/c41-30(42)21-39(28-9-1-2-10-29(28)40(22-31(43)44)23-32(45)46)20-27-12-11-24(17-37-27)33(47)36-15-16-38(18-25-7-3-5-13-34-25)19-26-8-4-6-14-35-26;;;/h3-8,11-14,17,28-29H,1-2,9-10,15-16,18-23H2,(H,36,47)(H,41,42)(H,43,44)(H,45,46);1H4;;1H2/q;;+2;/p+1. The van der Waals surface area contributed by atoms with Crippen molar-refractivity contribution in [3.8, 4) is 0 Å². The number of nitrogens with one attached hydrogen (secondary N) is 1. The van der Waals surface area contributed by atoms with Crippen LogP contribution in [0.5, 0.6) is 0 Å². The number of hydrogen-bond acceptors (Lipinski definition) is 10. The van der Waals surface area contributed by atoms with Gasteiger partial charge in [0, 0.05) is 63.4 Å². The summed E-state index contributed by atoms with van der Waals surface area (Å²) < 4.78 is 0. The largest absolute Gasteiger partial charge is 2.00 e. The van der Waals surface area contributed by atoms with Gasteiger partial charge in [0.05, 0.1) is 42.3 Å². The van der Waals surface area contributed by atoms with Crippen LogP contribution in [0.2, 0.25) is 0 Å². The third-order valence-corrected chi connectivity index (χ3v) is 8.04. The van der Waals surface area contributed by atoms with Crippen molar-refractivity contribution in [2.24, 2.45) is 0 Å². The van der Waals surface area contributed by atoms with Crippen molar-refractivity contribution >= 4 is 23.8 Å². The van der Waals surface area contributed by atoms with Gasteiger partial charge in [0.25, 0.3) is 5.91 Å². The molecule has 50 heavy (non-hydrogen) atoms. The molecule has 0 bridgehead atoms. The van der Waals surface area contributed by atoms with E-state index in [0.717, 1.165) is 24.2 Å². The summed E-state index contributed by atoms with van der Waals surface area (Å²) in [6, 6.07) is 14.0. The molecule has 7 N–H and O–H groups in total. The molecule has 3 heterocycles. The minimum absolute atomic E-state index is 0. The summed E-state index contributed by atoms with van der Waals surface area (Å²) in [5, 5.41) is 31.4. The maximum atomic E-state index is 13.0. The van der Waals surface area contributed by atoms with Gasteiger partial charge in [-0.3, -0.25) is 48.8 Å². The number of hydrogen-bond donors (Lipinski definition) is 4. The zero-order valence-electron chi connectivity index (χ0n) is 27.1. The Kier molecular flexibility index (Phi) is 19.6. The Balaban J connectivity index is 0.00000417. The Morgan fingerprint density at radius 1 is 0.700 bits per heavy atom. The van der Waals surface area contributed by atoms with Crippen molar-refractivity contribution in [2.45, 2.75) is 64.8 Å². The van der Waals surface area contributed by atoms with E-state index >= 15 is 0 Å². The molecule has 2 atom stereocenters. The zero-order valence-corrected chi connectivity index (χ0v) is 28.3. The minimum Gasteiger partial charge on any atom is -0.480 e. The molecule has 1 aliphatic rings. The maximum Gasteiger partial charge on any atom is 2.00 e. The fraction of sp³-hybridized carbons (Fsp3) is 0.441. The first kappa shape index (κ1) is 43.7. The molecule has 0 aliphatic heterocycles. The molecule has 16 heteroatoms. The van der Waals surface area contributed by atoms with Crippen LogP contribution in [0.4, 0.5) is 0 Å². The number of carbonyl (C=O) groups is 4. The van der Waals surface area contributed by atoms with Crippen LogP contribution in [0, 0.1) is 0 Å². The van der Waals surface area contributed by atoms with Gasteiger partial charge in [-0.25, -0.2) is 0 Å². The molecule has 15 nitrogen and oxygen atoms in total. The van der Waals surface area contributed by atoms with Crippen LogP contribution in [0.15, 0.2) is 67.1 Å². The normalized spacial score (nSPS) is 15.3. The van der Waals surface area contributed by atoms with Crippen molar-refractivity contribution in [3.05, 3.63) is 89.8 Å². The zero-order chi connectivity index (χ0) is 33.6. The predicted octanol–water partition coefficient (Wildman–Crippen LogP) is 1.68. The average molecular weight is 738 g/mol. The second-order valence-corrected chi connectivity index (χ2v) is 11.6. The molecule has 1 aliphatic carbocycles. The van der Waals surface area contributed by atoms with E-state index < -0.39 is 37.0 Å². The van der Waals surface area contributed by atoms with Gasteiger partial charge in [-0.15, -0.1) is 0 Å². The topological polar surface area (TPSA) is 222 Å². The Morgan fingerprint density at radius 2 is 1.20 bits per heavy atom. The smallest absolute Gasteiger partial charge is 0.480 e. The molecular weight excluding hydrogens is 689 g/mol. The maximum absolute atomic E-state index is 13.0. The van der Waals surface area contributed by atoms with E-state index in [9.17, 15) is 34.5 Å². The van der Waals surface area contributed by atoms with E-state index in [1.54, 1.807) is 29.4 Å². The van der Waals surface area contributed by atoms with E-state index in [-0.39, 0.29) is 55.0 Å². The molecule has 2 unspecified atom stereocenters. The second kappa shape index (κ2) is 22.4. The molecule has 0 spiro atoms. The third kappa shape index (κ3) is 14.3. The number of amides is 1. The quantitative estimate of drug-likeness (QED) is 0.108. The summed E-state index contributed by atoms with van der Waals surface area (Å²) in [5.74, 6) is -3.66. The predicted molar refractivity (Wildman–Crippen MR) is 182 cm³/mol. The number of rotatable bonds is 18. The molecule has 4 rings (SSSR count). The molecule has 1 fully saturated rings. The van der Waals surface area contributed by atoms with Crippen molar-refractivity contribution in [1.82, 2.24) is 35.0 Å². The van der Waals surface area contributed by atoms with Crippen LogP contribution >= 0.6 is 0 Å². The molecular formula is C34H48MnN7O8+3. The summed E-state index contributed by atoms with van der Waals surface area (Å²) >= 11 is 0. The molecule has 0 aromatic carbocycles. The molecule has 3 aromatic heterocycles. The van der Waals surface area contributed by atoms with Crippen molar-refractivity contribution in [1.29, 1.82) is 0 Å². The van der Waals surface area contributed by atoms with Gasteiger partial charge < -0.3 is 26.1 Å². The fourth-order valence-electron chi connectivity index (χ4n) is 5.99. The van der Waals surface area contributed by atoms with Crippen LogP contribution in [-0.4, -0.2) is 114 Å². The van der Waals surface area contributed by atoms with Crippen molar-refractivity contribution in [3.63, 3.8) is 0 Å². The second-order valence-electron chi connectivity index (χ2n) is 11.6. The molecule has 1 amide bonds. The Bertz CT molecular complexity index is 1410. The van der Waals surface area contributed by atoms with Gasteiger partial charge in [0.15, 0.2) is 0 Å². The van der Waals surface area contributed by atoms with Crippen LogP contribution < -0.4 is 5.32 Å². The molecule has 271 valence electrons. The Labute approximate surface area is 302 Å². The van der Waals surface area contributed by atoms with Gasteiger partial charge in [0.1, 0.15) is 0 Å². The number of aromatic nitrogens is 3. The van der Waals surface area contributed by atoms with Gasteiger partial charge in [-0.1, -0.05) is 32.4 Å². The monoisotopic (exact) mass is 737 g/mol. The van der Waals surface area contributed by atoms with Gasteiger partial charge in [-0.05, 0) is 49.2 Å². The van der Waals surface area contributed by atoms with E-state index in [1.165, 1.54) is 11.1 Å². The van der Waals surface area contributed by atoms with E-state index in [4.69, 9.17) is 0 Å². The van der Waals surface area contributed by atoms with Gasteiger partial charge in [-0.2, -0.15) is 0 Å². The van der Waals surface area contributed by atoms with Gasteiger partial charge in [0.2, 0.25) is 0 Å². The number of aliphatic carboxylic acids is 3. The first-order chi connectivity index (χ1) is 22.7. The van der Waals surface area contributed by atoms with Crippen molar-refractivity contribution in [2.75, 3.05) is 32.7 Å². The summed E-state index contributed by atoms with van der Waals surface area (Å²) in [6.45, 7) is 0.995. The Morgan fingerprint density at radius 3 is 1.66 bits per heavy atom. The van der Waals surface area contributed by atoms with Crippen LogP contribution in [0.25, 0.3) is 0 Å².